The molecule has 1 unspecified atom stereocenters. The van der Waals surface area contributed by atoms with Crippen LogP contribution in [0.3, 0.4) is 0 Å². The standard InChI is InChI=1S/C23H28N2O2S/c1-3-4-5-6-10-21(26)24-19-9-7-8-18(15-19)23-25(22(27)16-28-23)20-13-11-17(2)12-14-20/h7-9,11-15,23H,3-6,10,16H2,1-2H3,(H,24,26). The zero-order valence-corrected chi connectivity index (χ0v) is 17.4. The Balaban J connectivity index is 1.70. The predicted molar refractivity (Wildman–Crippen MR) is 118 cm³/mol. The van der Waals surface area contributed by atoms with Crippen molar-refractivity contribution in [3.8, 4) is 0 Å². The fourth-order valence-electron chi connectivity index (χ4n) is 3.36. The van der Waals surface area contributed by atoms with Crippen LogP contribution in [0, 0.1) is 6.92 Å². The molecule has 0 saturated carbocycles. The van der Waals surface area contributed by atoms with Crippen molar-refractivity contribution in [3.63, 3.8) is 0 Å². The lowest BCUT2D eigenvalue weighted by atomic mass is 10.1. The van der Waals surface area contributed by atoms with Gasteiger partial charge < -0.3 is 5.32 Å². The summed E-state index contributed by atoms with van der Waals surface area (Å²) < 4.78 is 0. The van der Waals surface area contributed by atoms with Gasteiger partial charge in [-0.05, 0) is 43.2 Å². The molecule has 1 N–H and O–H groups in total. The summed E-state index contributed by atoms with van der Waals surface area (Å²) in [4.78, 5) is 26.6. The van der Waals surface area contributed by atoms with Crippen LogP contribution in [0.5, 0.6) is 0 Å². The van der Waals surface area contributed by atoms with Gasteiger partial charge in [0.05, 0.1) is 5.75 Å². The highest BCUT2D eigenvalue weighted by molar-refractivity contribution is 8.00. The van der Waals surface area contributed by atoms with Gasteiger partial charge in [-0.25, -0.2) is 0 Å². The van der Waals surface area contributed by atoms with Crippen LogP contribution in [0.15, 0.2) is 48.5 Å². The Kier molecular flexibility index (Phi) is 7.15. The number of amides is 2. The predicted octanol–water partition coefficient (Wildman–Crippen LogP) is 5.68. The van der Waals surface area contributed by atoms with E-state index in [1.165, 1.54) is 18.4 Å². The van der Waals surface area contributed by atoms with E-state index in [0.29, 0.717) is 12.2 Å². The molecule has 1 aliphatic heterocycles. The molecule has 2 aromatic carbocycles. The number of hydrogen-bond acceptors (Lipinski definition) is 3. The van der Waals surface area contributed by atoms with Gasteiger partial charge in [0.2, 0.25) is 11.8 Å². The molecule has 0 radical (unpaired) electrons. The highest BCUT2D eigenvalue weighted by Crippen LogP contribution is 2.42. The summed E-state index contributed by atoms with van der Waals surface area (Å²) in [5, 5.41) is 2.93. The Morgan fingerprint density at radius 1 is 1.14 bits per heavy atom. The smallest absolute Gasteiger partial charge is 0.238 e. The van der Waals surface area contributed by atoms with Crippen LogP contribution in [0.25, 0.3) is 0 Å². The Bertz CT molecular complexity index is 820. The molecule has 0 aliphatic carbocycles. The first-order valence-corrected chi connectivity index (χ1v) is 11.0. The summed E-state index contributed by atoms with van der Waals surface area (Å²) >= 11 is 1.62. The maximum atomic E-state index is 12.5. The average molecular weight is 397 g/mol. The van der Waals surface area contributed by atoms with Gasteiger partial charge in [-0.15, -0.1) is 11.8 Å². The van der Waals surface area contributed by atoms with Crippen LogP contribution < -0.4 is 10.2 Å². The second-order valence-corrected chi connectivity index (χ2v) is 8.32. The van der Waals surface area contributed by atoms with Crippen molar-refractivity contribution < 1.29 is 9.59 Å². The van der Waals surface area contributed by atoms with Crippen molar-refractivity contribution in [3.05, 3.63) is 59.7 Å². The van der Waals surface area contributed by atoms with E-state index in [9.17, 15) is 9.59 Å². The number of aryl methyl sites for hydroxylation is 1. The van der Waals surface area contributed by atoms with Crippen LogP contribution in [0.4, 0.5) is 11.4 Å². The Hall–Kier alpha value is -2.27. The van der Waals surface area contributed by atoms with Crippen molar-refractivity contribution in [1.29, 1.82) is 0 Å². The quantitative estimate of drug-likeness (QED) is 0.584. The van der Waals surface area contributed by atoms with Gasteiger partial charge in [-0.3, -0.25) is 14.5 Å². The average Bonchev–Trinajstić information content (AvgIpc) is 3.08. The topological polar surface area (TPSA) is 49.4 Å². The highest BCUT2D eigenvalue weighted by atomic mass is 32.2. The lowest BCUT2D eigenvalue weighted by Gasteiger charge is -2.25. The van der Waals surface area contributed by atoms with E-state index in [1.807, 2.05) is 60.4 Å². The van der Waals surface area contributed by atoms with Gasteiger partial charge >= 0.3 is 0 Å². The number of nitrogens with one attached hydrogen (secondary N) is 1. The van der Waals surface area contributed by atoms with Crippen molar-refractivity contribution >= 4 is 35.0 Å². The minimum Gasteiger partial charge on any atom is -0.326 e. The summed E-state index contributed by atoms with van der Waals surface area (Å²) in [6.07, 6.45) is 4.91. The van der Waals surface area contributed by atoms with Crippen LogP contribution >= 0.6 is 11.8 Å². The van der Waals surface area contributed by atoms with Gasteiger partial charge in [-0.1, -0.05) is 56.0 Å². The third-order valence-corrected chi connectivity index (χ3v) is 6.11. The van der Waals surface area contributed by atoms with Crippen LogP contribution in [-0.2, 0) is 9.59 Å². The largest absolute Gasteiger partial charge is 0.326 e. The second-order valence-electron chi connectivity index (χ2n) is 7.25. The summed E-state index contributed by atoms with van der Waals surface area (Å²) in [7, 11) is 0. The molecule has 1 saturated heterocycles. The molecule has 28 heavy (non-hydrogen) atoms. The van der Waals surface area contributed by atoms with E-state index >= 15 is 0 Å². The number of benzene rings is 2. The van der Waals surface area contributed by atoms with Crippen LogP contribution in [0.1, 0.15) is 55.5 Å². The molecule has 1 atom stereocenters. The molecule has 148 valence electrons. The number of hydrogen-bond donors (Lipinski definition) is 1. The summed E-state index contributed by atoms with van der Waals surface area (Å²) in [6, 6.07) is 15.9. The highest BCUT2D eigenvalue weighted by Gasteiger charge is 2.34. The minimum absolute atomic E-state index is 0.0544. The van der Waals surface area contributed by atoms with Crippen molar-refractivity contribution in [1.82, 2.24) is 0 Å². The number of anilines is 2. The zero-order valence-electron chi connectivity index (χ0n) is 16.6. The molecule has 2 amide bonds. The first-order chi connectivity index (χ1) is 13.6. The van der Waals surface area contributed by atoms with Crippen molar-refractivity contribution in [2.75, 3.05) is 16.0 Å². The van der Waals surface area contributed by atoms with Gasteiger partial charge in [0.15, 0.2) is 0 Å². The lowest BCUT2D eigenvalue weighted by Crippen LogP contribution is -2.27. The number of nitrogens with zero attached hydrogens (tertiary/aromatic N) is 1. The third-order valence-electron chi connectivity index (χ3n) is 4.89. The number of rotatable bonds is 8. The number of carbonyl (C=O) groups excluding carboxylic acids is 2. The summed E-state index contributed by atoms with van der Waals surface area (Å²) in [6.45, 7) is 4.20. The van der Waals surface area contributed by atoms with E-state index in [2.05, 4.69) is 12.2 Å². The first-order valence-electron chi connectivity index (χ1n) is 9.98. The molecule has 1 aliphatic rings. The van der Waals surface area contributed by atoms with E-state index in [-0.39, 0.29) is 17.2 Å². The molecule has 3 rings (SSSR count). The van der Waals surface area contributed by atoms with Crippen molar-refractivity contribution in [2.45, 2.75) is 51.3 Å². The summed E-state index contributed by atoms with van der Waals surface area (Å²) in [5.41, 5.74) is 3.90. The molecule has 0 bridgehead atoms. The Morgan fingerprint density at radius 3 is 2.68 bits per heavy atom. The molecular weight excluding hydrogens is 368 g/mol. The minimum atomic E-state index is -0.0726. The zero-order chi connectivity index (χ0) is 19.9. The van der Waals surface area contributed by atoms with E-state index in [4.69, 9.17) is 0 Å². The van der Waals surface area contributed by atoms with E-state index < -0.39 is 0 Å². The molecule has 1 heterocycles. The maximum absolute atomic E-state index is 12.5. The third kappa shape index (κ3) is 5.16. The molecule has 0 aromatic heterocycles. The van der Waals surface area contributed by atoms with Crippen LogP contribution in [0.2, 0.25) is 0 Å². The normalized spacial score (nSPS) is 16.4. The molecule has 1 fully saturated rings. The molecule has 2 aromatic rings. The number of thioether (sulfide) groups is 1. The fraction of sp³-hybridized carbons (Fsp3) is 0.391. The number of carbonyl (C=O) groups is 2. The van der Waals surface area contributed by atoms with E-state index in [1.54, 1.807) is 11.8 Å². The SMILES string of the molecule is CCCCCCC(=O)Nc1cccc(C2SCC(=O)N2c2ccc(C)cc2)c1. The molecule has 4 nitrogen and oxygen atoms in total. The second kappa shape index (κ2) is 9.78. The summed E-state index contributed by atoms with van der Waals surface area (Å²) in [5.74, 6) is 0.634. The Morgan fingerprint density at radius 2 is 1.93 bits per heavy atom. The maximum Gasteiger partial charge on any atom is 0.238 e. The Labute approximate surface area is 171 Å². The van der Waals surface area contributed by atoms with Gasteiger partial charge in [0.25, 0.3) is 0 Å². The van der Waals surface area contributed by atoms with E-state index in [0.717, 1.165) is 29.8 Å². The van der Waals surface area contributed by atoms with Gasteiger partial charge in [0.1, 0.15) is 5.37 Å². The van der Waals surface area contributed by atoms with Crippen LogP contribution in [-0.4, -0.2) is 17.6 Å². The molecular formula is C23H28N2O2S. The lowest BCUT2D eigenvalue weighted by molar-refractivity contribution is -0.117. The molecule has 0 spiro atoms. The monoisotopic (exact) mass is 396 g/mol. The first kappa shape index (κ1) is 20.5. The van der Waals surface area contributed by atoms with Gasteiger partial charge in [0, 0.05) is 17.8 Å². The number of unbranched alkanes of at least 4 members (excludes halogenated alkanes) is 3. The molecule has 5 heteroatoms. The van der Waals surface area contributed by atoms with Crippen molar-refractivity contribution in [2.24, 2.45) is 0 Å². The fourth-order valence-corrected chi connectivity index (χ4v) is 4.53. The van der Waals surface area contributed by atoms with Gasteiger partial charge in [-0.2, -0.15) is 0 Å².